The molecule has 0 amide bonds. The fraction of sp³-hybridized carbons (Fsp3) is 0.727. The zero-order valence-electron chi connectivity index (χ0n) is 8.47. The molecule has 0 aromatic carbocycles. The summed E-state index contributed by atoms with van der Waals surface area (Å²) >= 11 is 0. The van der Waals surface area contributed by atoms with Crippen molar-refractivity contribution in [1.82, 2.24) is 0 Å². The predicted octanol–water partition coefficient (Wildman–Crippen LogP) is 2.04. The molecule has 0 spiro atoms. The molecule has 1 heterocycles. The van der Waals surface area contributed by atoms with E-state index in [9.17, 15) is 0 Å². The first kappa shape index (κ1) is 10.3. The molecule has 1 saturated heterocycles. The molecule has 1 unspecified atom stereocenters. The van der Waals surface area contributed by atoms with Crippen LogP contribution in [0, 0.1) is 11.8 Å². The van der Waals surface area contributed by atoms with Crippen molar-refractivity contribution >= 4 is 5.71 Å². The van der Waals surface area contributed by atoms with Crippen LogP contribution in [0.5, 0.6) is 0 Å². The molecule has 1 fully saturated rings. The smallest absolute Gasteiger partial charge is 0.0814 e. The van der Waals surface area contributed by atoms with Crippen LogP contribution in [0.3, 0.4) is 0 Å². The molecule has 72 valence electrons. The van der Waals surface area contributed by atoms with Gasteiger partial charge in [-0.05, 0) is 19.8 Å². The van der Waals surface area contributed by atoms with Gasteiger partial charge in [0.15, 0.2) is 0 Å². The van der Waals surface area contributed by atoms with E-state index in [0.717, 1.165) is 31.7 Å². The van der Waals surface area contributed by atoms with Gasteiger partial charge in [-0.15, -0.1) is 0 Å². The summed E-state index contributed by atoms with van der Waals surface area (Å²) in [7, 11) is 0. The lowest BCUT2D eigenvalue weighted by Gasteiger charge is -2.03. The predicted molar refractivity (Wildman–Crippen MR) is 55.0 cm³/mol. The molecule has 0 aromatic rings. The largest absolute Gasteiger partial charge is 0.376 e. The summed E-state index contributed by atoms with van der Waals surface area (Å²) in [6, 6.07) is 0. The molecule has 1 aliphatic heterocycles. The van der Waals surface area contributed by atoms with Gasteiger partial charge in [-0.1, -0.05) is 18.8 Å². The van der Waals surface area contributed by atoms with Crippen LogP contribution in [0.2, 0.25) is 0 Å². The second-order valence-corrected chi connectivity index (χ2v) is 3.22. The van der Waals surface area contributed by atoms with Crippen LogP contribution < -0.4 is 0 Å². The molecule has 2 nitrogen and oxygen atoms in total. The molecular weight excluding hydrogens is 162 g/mol. The maximum Gasteiger partial charge on any atom is 0.0814 e. The van der Waals surface area contributed by atoms with Gasteiger partial charge in [-0.25, -0.2) is 0 Å². The molecule has 0 N–H and O–H groups in total. The maximum atomic E-state index is 5.45. The van der Waals surface area contributed by atoms with Gasteiger partial charge in [-0.3, -0.25) is 4.99 Å². The van der Waals surface area contributed by atoms with E-state index in [1.165, 1.54) is 6.42 Å². The molecule has 1 aliphatic rings. The molecule has 13 heavy (non-hydrogen) atoms. The van der Waals surface area contributed by atoms with Crippen LogP contribution in [0.15, 0.2) is 4.99 Å². The molecule has 2 heteroatoms. The molecule has 0 bridgehead atoms. The average molecular weight is 179 g/mol. The minimum absolute atomic E-state index is 0.346. The van der Waals surface area contributed by atoms with Crippen LogP contribution in [0.4, 0.5) is 0 Å². The zero-order valence-corrected chi connectivity index (χ0v) is 8.47. The highest BCUT2D eigenvalue weighted by atomic mass is 16.5. The second-order valence-electron chi connectivity index (χ2n) is 3.22. The fourth-order valence-electron chi connectivity index (χ4n) is 1.28. The number of ether oxygens (including phenoxy) is 1. The van der Waals surface area contributed by atoms with E-state index in [0.29, 0.717) is 6.10 Å². The summed E-state index contributed by atoms with van der Waals surface area (Å²) in [4.78, 5) is 4.36. The average Bonchev–Trinajstić information content (AvgIpc) is 2.64. The molecule has 1 atom stereocenters. The summed E-state index contributed by atoms with van der Waals surface area (Å²) in [6.07, 6.45) is 3.57. The van der Waals surface area contributed by atoms with E-state index in [-0.39, 0.29) is 0 Å². The topological polar surface area (TPSA) is 21.6 Å². The Morgan fingerprint density at radius 1 is 1.62 bits per heavy atom. The Hall–Kier alpha value is -0.810. The summed E-state index contributed by atoms with van der Waals surface area (Å²) in [6.45, 7) is 5.68. The lowest BCUT2D eigenvalue weighted by Crippen LogP contribution is -2.10. The molecule has 0 aliphatic carbocycles. The van der Waals surface area contributed by atoms with E-state index in [2.05, 4.69) is 16.8 Å². The summed E-state index contributed by atoms with van der Waals surface area (Å²) in [5.41, 5.74) is 0.928. The van der Waals surface area contributed by atoms with Gasteiger partial charge in [0, 0.05) is 13.0 Å². The van der Waals surface area contributed by atoms with Crippen molar-refractivity contribution < 1.29 is 4.74 Å². The van der Waals surface area contributed by atoms with Crippen LogP contribution in [-0.4, -0.2) is 25.0 Å². The minimum Gasteiger partial charge on any atom is -0.376 e. The first-order valence-electron chi connectivity index (χ1n) is 4.94. The normalized spacial score (nSPS) is 22.6. The van der Waals surface area contributed by atoms with E-state index in [4.69, 9.17) is 4.74 Å². The van der Waals surface area contributed by atoms with Gasteiger partial charge < -0.3 is 4.74 Å². The maximum absolute atomic E-state index is 5.45. The van der Waals surface area contributed by atoms with Crippen LogP contribution in [0.25, 0.3) is 0 Å². The van der Waals surface area contributed by atoms with E-state index >= 15 is 0 Å². The number of hydrogen-bond acceptors (Lipinski definition) is 2. The Bertz CT molecular complexity index is 228. The second kappa shape index (κ2) is 5.77. The summed E-state index contributed by atoms with van der Waals surface area (Å²) < 4.78 is 5.45. The van der Waals surface area contributed by atoms with Crippen molar-refractivity contribution in [3.8, 4) is 11.8 Å². The third kappa shape index (κ3) is 4.10. The Morgan fingerprint density at radius 2 is 2.46 bits per heavy atom. The zero-order chi connectivity index (χ0) is 9.52. The quantitative estimate of drug-likeness (QED) is 0.469. The monoisotopic (exact) mass is 179 g/mol. The number of nitrogens with zero attached hydrogens (tertiary/aromatic N) is 1. The van der Waals surface area contributed by atoms with Crippen molar-refractivity contribution in [3.63, 3.8) is 0 Å². The van der Waals surface area contributed by atoms with E-state index < -0.39 is 0 Å². The Morgan fingerprint density at radius 3 is 3.08 bits per heavy atom. The van der Waals surface area contributed by atoms with Gasteiger partial charge >= 0.3 is 0 Å². The highest BCUT2D eigenvalue weighted by molar-refractivity contribution is 5.98. The third-order valence-corrected chi connectivity index (χ3v) is 2.00. The third-order valence-electron chi connectivity index (χ3n) is 2.00. The van der Waals surface area contributed by atoms with E-state index in [1.54, 1.807) is 0 Å². The van der Waals surface area contributed by atoms with Crippen molar-refractivity contribution in [1.29, 1.82) is 0 Å². The van der Waals surface area contributed by atoms with Gasteiger partial charge in [0.1, 0.15) is 0 Å². The molecule has 0 aromatic heterocycles. The van der Waals surface area contributed by atoms with Gasteiger partial charge in [0.2, 0.25) is 0 Å². The lowest BCUT2D eigenvalue weighted by molar-refractivity contribution is 0.118. The van der Waals surface area contributed by atoms with Crippen molar-refractivity contribution in [2.75, 3.05) is 13.2 Å². The standard InChI is InChI=1S/C11H17NO/c1-3-4-6-10(2)12-9-11-7-5-8-13-11/h11H,3,5,7-9H2,1-2H3. The van der Waals surface area contributed by atoms with Crippen LogP contribution in [0.1, 0.15) is 33.1 Å². The van der Waals surface area contributed by atoms with Gasteiger partial charge in [0.05, 0.1) is 18.4 Å². The number of aliphatic imine (C=N–C) groups is 1. The van der Waals surface area contributed by atoms with E-state index in [1.807, 2.05) is 13.8 Å². The minimum atomic E-state index is 0.346. The molecule has 0 radical (unpaired) electrons. The highest BCUT2D eigenvalue weighted by Gasteiger charge is 2.13. The molecule has 0 saturated carbocycles. The van der Waals surface area contributed by atoms with Crippen molar-refractivity contribution in [2.24, 2.45) is 4.99 Å². The van der Waals surface area contributed by atoms with Crippen molar-refractivity contribution in [2.45, 2.75) is 39.2 Å². The number of hydrogen-bond donors (Lipinski definition) is 0. The first-order chi connectivity index (χ1) is 6.33. The SMILES string of the molecule is CCC#CC(C)=NCC1CCCO1. The van der Waals surface area contributed by atoms with Crippen molar-refractivity contribution in [3.05, 3.63) is 0 Å². The summed E-state index contributed by atoms with van der Waals surface area (Å²) in [5, 5.41) is 0. The lowest BCUT2D eigenvalue weighted by atomic mass is 10.2. The number of rotatable bonds is 2. The Labute approximate surface area is 80.4 Å². The molecular formula is C11H17NO. The Balaban J connectivity index is 2.28. The summed E-state index contributed by atoms with van der Waals surface area (Å²) in [5.74, 6) is 6.00. The van der Waals surface area contributed by atoms with Crippen LogP contribution >= 0.6 is 0 Å². The Kier molecular flexibility index (Phi) is 4.56. The van der Waals surface area contributed by atoms with Crippen LogP contribution in [-0.2, 0) is 4.74 Å². The fourth-order valence-corrected chi connectivity index (χ4v) is 1.28. The van der Waals surface area contributed by atoms with Gasteiger partial charge in [-0.2, -0.15) is 0 Å². The van der Waals surface area contributed by atoms with Gasteiger partial charge in [0.25, 0.3) is 0 Å². The first-order valence-corrected chi connectivity index (χ1v) is 4.94. The highest BCUT2D eigenvalue weighted by Crippen LogP contribution is 2.11. The molecule has 1 rings (SSSR count).